The number of ether oxygens (including phenoxy) is 2. The van der Waals surface area contributed by atoms with Crippen LogP contribution < -0.4 is 10.6 Å². The summed E-state index contributed by atoms with van der Waals surface area (Å²) in [6, 6.07) is 17.2. The zero-order valence-electron chi connectivity index (χ0n) is 22.5. The molecule has 5 N–H and O–H groups in total. The van der Waals surface area contributed by atoms with Crippen molar-refractivity contribution in [1.29, 1.82) is 5.26 Å². The van der Waals surface area contributed by atoms with Crippen LogP contribution in [0, 0.1) is 11.3 Å². The van der Waals surface area contributed by atoms with Crippen molar-refractivity contribution < 1.29 is 29.6 Å². The summed E-state index contributed by atoms with van der Waals surface area (Å²) in [6.45, 7) is 5.05. The summed E-state index contributed by atoms with van der Waals surface area (Å²) < 4.78 is 10.6. The lowest BCUT2D eigenvalue weighted by Crippen LogP contribution is -2.57. The van der Waals surface area contributed by atoms with Crippen molar-refractivity contribution in [2.45, 2.75) is 31.0 Å². The molecule has 3 heterocycles. The summed E-state index contributed by atoms with van der Waals surface area (Å²) in [7, 11) is 0. The van der Waals surface area contributed by atoms with Gasteiger partial charge >= 0.3 is 0 Å². The molecule has 3 aromatic rings. The van der Waals surface area contributed by atoms with Crippen LogP contribution in [0.25, 0.3) is 27.3 Å². The fourth-order valence-corrected chi connectivity index (χ4v) is 5.97. The molecular formula is C30H34N4O6S. The molecule has 41 heavy (non-hydrogen) atoms. The van der Waals surface area contributed by atoms with Crippen molar-refractivity contribution in [3.8, 4) is 16.5 Å². The molecule has 0 aliphatic carbocycles. The number of carbonyl (C=O) groups excluding carboxylic acids is 1. The van der Waals surface area contributed by atoms with E-state index in [4.69, 9.17) is 9.47 Å². The second-order valence-electron chi connectivity index (χ2n) is 10.2. The number of nitriles is 1. The van der Waals surface area contributed by atoms with Gasteiger partial charge in [0.15, 0.2) is 6.29 Å². The molecule has 0 radical (unpaired) electrons. The van der Waals surface area contributed by atoms with Gasteiger partial charge in [-0.15, -0.1) is 11.3 Å². The molecule has 4 unspecified atom stereocenters. The maximum atomic E-state index is 12.7. The van der Waals surface area contributed by atoms with Crippen molar-refractivity contribution in [1.82, 2.24) is 10.2 Å². The highest BCUT2D eigenvalue weighted by Crippen LogP contribution is 2.32. The Morgan fingerprint density at radius 3 is 2.66 bits per heavy atom. The number of thiophene rings is 1. The van der Waals surface area contributed by atoms with Crippen LogP contribution in [0.4, 0.5) is 5.69 Å². The Morgan fingerprint density at radius 2 is 1.90 bits per heavy atom. The molecule has 4 atom stereocenters. The average molecular weight is 579 g/mol. The molecule has 1 amide bonds. The van der Waals surface area contributed by atoms with E-state index in [0.717, 1.165) is 66.3 Å². The number of hydrogen-bond donors (Lipinski definition) is 5. The zero-order valence-corrected chi connectivity index (χ0v) is 23.3. The molecule has 216 valence electrons. The molecule has 0 bridgehead atoms. The summed E-state index contributed by atoms with van der Waals surface area (Å²) in [5.74, 6) is -0.725. The number of amides is 1. The van der Waals surface area contributed by atoms with E-state index in [1.54, 1.807) is 0 Å². The van der Waals surface area contributed by atoms with Crippen LogP contribution in [-0.2, 0) is 14.3 Å². The van der Waals surface area contributed by atoms with Gasteiger partial charge < -0.3 is 35.4 Å². The predicted octanol–water partition coefficient (Wildman–Crippen LogP) is 2.16. The highest BCUT2D eigenvalue weighted by Gasteiger charge is 2.38. The predicted molar refractivity (Wildman–Crippen MR) is 157 cm³/mol. The van der Waals surface area contributed by atoms with Crippen LogP contribution in [0.2, 0.25) is 0 Å². The monoisotopic (exact) mass is 578 g/mol. The number of aliphatic hydroxyl groups is 3. The minimum absolute atomic E-state index is 0.0525. The Hall–Kier alpha value is -3.34. The van der Waals surface area contributed by atoms with E-state index >= 15 is 0 Å². The number of nitrogens with zero attached hydrogens (tertiary/aromatic N) is 2. The first-order chi connectivity index (χ1) is 19.9. The lowest BCUT2D eigenvalue weighted by atomic mass is 10.00. The summed E-state index contributed by atoms with van der Waals surface area (Å²) >= 11 is 1.45. The first-order valence-electron chi connectivity index (χ1n) is 13.7. The van der Waals surface area contributed by atoms with E-state index in [-0.39, 0.29) is 18.6 Å². The van der Waals surface area contributed by atoms with Gasteiger partial charge in [-0.3, -0.25) is 9.69 Å². The van der Waals surface area contributed by atoms with Crippen LogP contribution in [0.3, 0.4) is 0 Å². The van der Waals surface area contributed by atoms with Gasteiger partial charge in [-0.2, -0.15) is 5.26 Å². The minimum atomic E-state index is -1.50. The lowest BCUT2D eigenvalue weighted by Gasteiger charge is -2.36. The van der Waals surface area contributed by atoms with Crippen molar-refractivity contribution in [3.05, 3.63) is 59.0 Å². The molecule has 2 aliphatic rings. The highest BCUT2D eigenvalue weighted by molar-refractivity contribution is 7.16. The molecule has 10 nitrogen and oxygen atoms in total. The highest BCUT2D eigenvalue weighted by atomic mass is 32.1. The van der Waals surface area contributed by atoms with Gasteiger partial charge in [-0.1, -0.05) is 18.2 Å². The van der Waals surface area contributed by atoms with E-state index in [1.165, 1.54) is 17.4 Å². The summed E-state index contributed by atoms with van der Waals surface area (Å²) in [5, 5.41) is 47.4. The first-order valence-corrected chi connectivity index (χ1v) is 14.5. The van der Waals surface area contributed by atoms with E-state index in [1.807, 2.05) is 18.2 Å². The third-order valence-corrected chi connectivity index (χ3v) is 8.40. The van der Waals surface area contributed by atoms with E-state index in [0.29, 0.717) is 4.88 Å². The van der Waals surface area contributed by atoms with Crippen LogP contribution in [-0.4, -0.2) is 96.7 Å². The van der Waals surface area contributed by atoms with Gasteiger partial charge in [0.05, 0.1) is 32.0 Å². The number of fused-ring (bicyclic) bond motifs is 1. The number of aliphatic hydroxyl groups excluding tert-OH is 3. The van der Waals surface area contributed by atoms with Gasteiger partial charge in [0.1, 0.15) is 17.7 Å². The van der Waals surface area contributed by atoms with Crippen LogP contribution in [0.15, 0.2) is 54.1 Å². The van der Waals surface area contributed by atoms with Crippen LogP contribution >= 0.6 is 11.3 Å². The largest absolute Gasteiger partial charge is 0.394 e. The average Bonchev–Trinajstić information content (AvgIpc) is 3.46. The summed E-state index contributed by atoms with van der Waals surface area (Å²) in [4.78, 5) is 16.9. The van der Waals surface area contributed by atoms with Crippen molar-refractivity contribution >= 4 is 39.8 Å². The van der Waals surface area contributed by atoms with Gasteiger partial charge in [-0.05, 0) is 52.7 Å². The minimum Gasteiger partial charge on any atom is -0.394 e. The Balaban J connectivity index is 1.22. The van der Waals surface area contributed by atoms with E-state index in [2.05, 4.69) is 51.9 Å². The third kappa shape index (κ3) is 7.30. The van der Waals surface area contributed by atoms with Gasteiger partial charge in [0.2, 0.25) is 0 Å². The second-order valence-corrected chi connectivity index (χ2v) is 11.3. The molecular weight excluding hydrogens is 544 g/mol. The fraction of sp³-hybridized carbons (Fsp3) is 0.400. The van der Waals surface area contributed by atoms with E-state index in [9.17, 15) is 25.4 Å². The number of hydrogen-bond acceptors (Lipinski definition) is 10. The van der Waals surface area contributed by atoms with Crippen molar-refractivity contribution in [2.24, 2.45) is 0 Å². The van der Waals surface area contributed by atoms with E-state index < -0.39 is 30.4 Å². The normalized spacial score (nSPS) is 23.7. The number of carbonyl (C=O) groups is 1. The molecule has 5 rings (SSSR count). The Labute approximate surface area is 242 Å². The summed E-state index contributed by atoms with van der Waals surface area (Å²) in [6.07, 6.45) is -1.80. The molecule has 0 saturated carbocycles. The second kappa shape index (κ2) is 13.5. The first kappa shape index (κ1) is 29.2. The number of rotatable bonds is 9. The lowest BCUT2D eigenvalue weighted by molar-refractivity contribution is -0.214. The number of benzene rings is 2. The van der Waals surface area contributed by atoms with Gasteiger partial charge in [-0.25, -0.2) is 0 Å². The van der Waals surface area contributed by atoms with Crippen molar-refractivity contribution in [3.63, 3.8) is 0 Å². The molecule has 2 saturated heterocycles. The fourth-order valence-electron chi connectivity index (χ4n) is 5.03. The summed E-state index contributed by atoms with van der Waals surface area (Å²) in [5.41, 5.74) is 1.95. The third-order valence-electron chi connectivity index (χ3n) is 7.32. The standard InChI is InChI=1S/C30H34N4O6S/c31-17-22(29(37)33-28-26(36)16-24(18-35)40-30(28)38)15-25-5-6-27(41-25)21-2-1-20-14-23(4-3-19(20)13-21)32-7-8-34-9-11-39-12-10-34/h1-6,13-15,24,26,28,30,32,35-36,38H,7-12,16,18H2,(H,33,37)/b22-15+. The molecule has 2 fully saturated rings. The molecule has 2 aromatic carbocycles. The Morgan fingerprint density at radius 1 is 1.12 bits per heavy atom. The topological polar surface area (TPSA) is 147 Å². The Bertz CT molecular complexity index is 1420. The quantitative estimate of drug-likeness (QED) is 0.190. The zero-order chi connectivity index (χ0) is 28.8. The van der Waals surface area contributed by atoms with Gasteiger partial charge in [0, 0.05) is 48.0 Å². The molecule has 1 aromatic heterocycles. The van der Waals surface area contributed by atoms with Crippen LogP contribution in [0.1, 0.15) is 11.3 Å². The molecule has 2 aliphatic heterocycles. The van der Waals surface area contributed by atoms with Gasteiger partial charge in [0.25, 0.3) is 5.91 Å². The number of morpholine rings is 1. The maximum Gasteiger partial charge on any atom is 0.262 e. The molecule has 11 heteroatoms. The smallest absolute Gasteiger partial charge is 0.262 e. The maximum absolute atomic E-state index is 12.7. The Kier molecular flexibility index (Phi) is 9.64. The SMILES string of the molecule is N#C/C(=C\c1ccc(-c2ccc3cc(NCCN4CCOCC4)ccc3c2)s1)C(=O)NC1C(O)CC(CO)OC1O. The van der Waals surface area contributed by atoms with Crippen LogP contribution in [0.5, 0.6) is 0 Å². The van der Waals surface area contributed by atoms with Crippen molar-refractivity contribution in [2.75, 3.05) is 51.3 Å². The number of anilines is 1. The molecule has 0 spiro atoms. The number of nitrogens with one attached hydrogen (secondary N) is 2.